The van der Waals surface area contributed by atoms with Gasteiger partial charge in [0.15, 0.2) is 0 Å². The standard InChI is InChI=1S/C12H16GeO/c1-9-7-10-8-11(13(2,3)4)5-6-12(10)14-9/h5-8H,1-4H3/i7D. The molecule has 0 atom stereocenters. The molecule has 0 amide bonds. The van der Waals surface area contributed by atoms with Crippen LogP contribution < -0.4 is 4.40 Å². The topological polar surface area (TPSA) is 13.1 Å². The van der Waals surface area contributed by atoms with Gasteiger partial charge in [-0.3, -0.25) is 0 Å². The Bertz CT molecular complexity index is 508. The van der Waals surface area contributed by atoms with Gasteiger partial charge in [-0.05, 0) is 0 Å². The molecule has 0 radical (unpaired) electrons. The number of fused-ring (bicyclic) bond motifs is 1. The van der Waals surface area contributed by atoms with E-state index in [1.54, 1.807) is 0 Å². The summed E-state index contributed by atoms with van der Waals surface area (Å²) in [6.07, 6.45) is 0. The second-order valence-electron chi connectivity index (χ2n) is 4.74. The Labute approximate surface area is 88.9 Å². The van der Waals surface area contributed by atoms with Crippen molar-refractivity contribution < 1.29 is 5.79 Å². The van der Waals surface area contributed by atoms with Crippen LogP contribution in [0.1, 0.15) is 7.13 Å². The number of aryl methyl sites for hydroxylation is 1. The Morgan fingerprint density at radius 1 is 1.29 bits per heavy atom. The van der Waals surface area contributed by atoms with Crippen LogP contribution in [0.3, 0.4) is 0 Å². The van der Waals surface area contributed by atoms with E-state index in [9.17, 15) is 0 Å². The Hall–Kier alpha value is -0.697. The molecule has 1 nitrogen and oxygen atoms in total. The normalized spacial score (nSPS) is 13.3. The summed E-state index contributed by atoms with van der Waals surface area (Å²) in [6.45, 7) is 1.85. The summed E-state index contributed by atoms with van der Waals surface area (Å²) in [5, 5.41) is 0.963. The van der Waals surface area contributed by atoms with Crippen LogP contribution in [0, 0.1) is 6.92 Å². The molecule has 1 aromatic heterocycles. The van der Waals surface area contributed by atoms with E-state index in [0.717, 1.165) is 11.0 Å². The van der Waals surface area contributed by atoms with Crippen molar-refractivity contribution >= 4 is 28.6 Å². The quantitative estimate of drug-likeness (QED) is 0.707. The molecule has 2 rings (SSSR count). The third-order valence-corrected chi connectivity index (χ3v) is 6.71. The molecule has 0 N–H and O–H groups in total. The summed E-state index contributed by atoms with van der Waals surface area (Å²) in [6, 6.07) is 6.85. The van der Waals surface area contributed by atoms with Gasteiger partial charge < -0.3 is 0 Å². The first kappa shape index (κ1) is 8.60. The Morgan fingerprint density at radius 3 is 2.64 bits per heavy atom. The SMILES string of the molecule is [2H]c1c(C)oc2cc[c]([Ge]([CH3])([CH3])[CH3])cc12. The predicted molar refractivity (Wildman–Crippen MR) is 63.9 cm³/mol. The van der Waals surface area contributed by atoms with Crippen LogP contribution in [0.2, 0.25) is 17.3 Å². The second-order valence-corrected chi connectivity index (χ2v) is 15.4. The van der Waals surface area contributed by atoms with Gasteiger partial charge >= 0.3 is 88.6 Å². The summed E-state index contributed by atoms with van der Waals surface area (Å²) in [7, 11) is 0. The molecule has 0 saturated carbocycles. The zero-order valence-corrected chi connectivity index (χ0v) is 11.2. The van der Waals surface area contributed by atoms with Gasteiger partial charge in [-0.2, -0.15) is 0 Å². The fraction of sp³-hybridized carbons (Fsp3) is 0.333. The molecule has 0 aliphatic carbocycles. The zero-order chi connectivity index (χ0) is 11.2. The van der Waals surface area contributed by atoms with Crippen molar-refractivity contribution in [3.05, 3.63) is 30.0 Å². The van der Waals surface area contributed by atoms with Crippen LogP contribution in [0.15, 0.2) is 28.7 Å². The van der Waals surface area contributed by atoms with E-state index < -0.39 is 13.3 Å². The van der Waals surface area contributed by atoms with E-state index in [1.165, 1.54) is 4.40 Å². The Kier molecular flexibility index (Phi) is 1.94. The van der Waals surface area contributed by atoms with E-state index >= 15 is 0 Å². The van der Waals surface area contributed by atoms with Gasteiger partial charge in [-0.25, -0.2) is 0 Å². The molecule has 0 saturated heterocycles. The maximum atomic E-state index is 7.90. The van der Waals surface area contributed by atoms with Crippen molar-refractivity contribution in [2.24, 2.45) is 0 Å². The summed E-state index contributed by atoms with van der Waals surface area (Å²) < 4.78 is 14.8. The Morgan fingerprint density at radius 2 is 2.00 bits per heavy atom. The maximum absolute atomic E-state index is 7.90. The molecule has 2 heteroatoms. The van der Waals surface area contributed by atoms with Crippen molar-refractivity contribution in [2.45, 2.75) is 24.2 Å². The van der Waals surface area contributed by atoms with E-state index in [4.69, 9.17) is 5.79 Å². The fourth-order valence-electron chi connectivity index (χ4n) is 1.56. The third kappa shape index (κ3) is 1.73. The van der Waals surface area contributed by atoms with Crippen LogP contribution in [-0.2, 0) is 0 Å². The molecule has 0 fully saturated rings. The molecule has 0 unspecified atom stereocenters. The number of furan rings is 1. The average molecular weight is 250 g/mol. The molecule has 74 valence electrons. The average Bonchev–Trinajstić information content (AvgIpc) is 2.41. The van der Waals surface area contributed by atoms with Crippen molar-refractivity contribution in [3.63, 3.8) is 0 Å². The molecule has 1 aromatic carbocycles. The number of hydrogen-bond acceptors (Lipinski definition) is 1. The molecule has 0 aliphatic rings. The van der Waals surface area contributed by atoms with Crippen LogP contribution in [0.4, 0.5) is 0 Å². The van der Waals surface area contributed by atoms with Crippen molar-refractivity contribution in [1.29, 1.82) is 0 Å². The van der Waals surface area contributed by atoms with Crippen LogP contribution in [-0.4, -0.2) is 13.3 Å². The predicted octanol–water partition coefficient (Wildman–Crippen LogP) is 3.29. The summed E-state index contributed by atoms with van der Waals surface area (Å²) in [4.78, 5) is 0. The number of hydrogen-bond donors (Lipinski definition) is 0. The molecule has 14 heavy (non-hydrogen) atoms. The summed E-state index contributed by atoms with van der Waals surface area (Å²) in [5.41, 5.74) is 0.841. The molecule has 0 spiro atoms. The number of benzene rings is 1. The second kappa shape index (κ2) is 3.16. The molecule has 2 aromatic rings. The van der Waals surface area contributed by atoms with E-state index in [1.807, 2.05) is 13.0 Å². The van der Waals surface area contributed by atoms with Gasteiger partial charge in [0.2, 0.25) is 0 Å². The molecule has 0 aliphatic heterocycles. The van der Waals surface area contributed by atoms with Gasteiger partial charge in [0, 0.05) is 0 Å². The van der Waals surface area contributed by atoms with Crippen molar-refractivity contribution in [2.75, 3.05) is 0 Å². The molecular formula is C12H16GeO. The fourth-order valence-corrected chi connectivity index (χ4v) is 4.00. The zero-order valence-electron chi connectivity index (χ0n) is 10.1. The third-order valence-electron chi connectivity index (χ3n) is 2.42. The van der Waals surface area contributed by atoms with Crippen LogP contribution in [0.25, 0.3) is 11.0 Å². The first-order chi connectivity index (χ1) is 6.89. The minimum atomic E-state index is -1.78. The van der Waals surface area contributed by atoms with Crippen LogP contribution >= 0.6 is 0 Å². The minimum absolute atomic E-state index is 0.540. The van der Waals surface area contributed by atoms with Gasteiger partial charge in [-0.15, -0.1) is 0 Å². The van der Waals surface area contributed by atoms with Gasteiger partial charge in [0.05, 0.1) is 0 Å². The molecule has 1 heterocycles. The monoisotopic (exact) mass is 251 g/mol. The van der Waals surface area contributed by atoms with E-state index in [2.05, 4.69) is 29.4 Å². The number of rotatable bonds is 1. The first-order valence-corrected chi connectivity index (χ1v) is 12.2. The molecule has 0 bridgehead atoms. The van der Waals surface area contributed by atoms with Gasteiger partial charge in [0.1, 0.15) is 0 Å². The van der Waals surface area contributed by atoms with Crippen molar-refractivity contribution in [3.8, 4) is 0 Å². The first-order valence-electron chi connectivity index (χ1n) is 5.40. The summed E-state index contributed by atoms with van der Waals surface area (Å²) in [5.74, 6) is 7.79. The van der Waals surface area contributed by atoms with Crippen molar-refractivity contribution in [1.82, 2.24) is 0 Å². The van der Waals surface area contributed by atoms with Crippen LogP contribution in [0.5, 0.6) is 0 Å². The van der Waals surface area contributed by atoms with E-state index in [-0.39, 0.29) is 0 Å². The Balaban J connectivity index is 2.70. The summed E-state index contributed by atoms with van der Waals surface area (Å²) >= 11 is -1.78. The molecular weight excluding hydrogens is 233 g/mol. The van der Waals surface area contributed by atoms with E-state index in [0.29, 0.717) is 11.8 Å². The van der Waals surface area contributed by atoms with Gasteiger partial charge in [0.25, 0.3) is 0 Å². The van der Waals surface area contributed by atoms with Gasteiger partial charge in [-0.1, -0.05) is 0 Å².